The number of likely N-dealkylation sites (tertiary alicyclic amines) is 1. The lowest BCUT2D eigenvalue weighted by atomic mass is 10.2. The molecule has 1 saturated heterocycles. The molecule has 0 saturated carbocycles. The van der Waals surface area contributed by atoms with E-state index in [1.807, 2.05) is 0 Å². The number of rotatable bonds is 5. The lowest BCUT2D eigenvalue weighted by Gasteiger charge is -2.24. The summed E-state index contributed by atoms with van der Waals surface area (Å²) in [5.41, 5.74) is 4.26. The fraction of sp³-hybridized carbons (Fsp3) is 0.333. The Morgan fingerprint density at radius 1 is 1.25 bits per heavy atom. The number of ether oxygens (including phenoxy) is 1. The topological polar surface area (TPSA) is 98.4 Å². The Balaban J connectivity index is 1.69. The number of alkyl halides is 3. The summed E-state index contributed by atoms with van der Waals surface area (Å²) in [5.74, 6) is -0.994. The van der Waals surface area contributed by atoms with E-state index in [9.17, 15) is 22.8 Å². The third-order valence-corrected chi connectivity index (χ3v) is 4.38. The van der Waals surface area contributed by atoms with E-state index < -0.39 is 23.6 Å². The van der Waals surface area contributed by atoms with Gasteiger partial charge in [-0.15, -0.1) is 0 Å². The molecule has 3 heterocycles. The Bertz CT molecular complexity index is 871. The molecule has 1 fully saturated rings. The summed E-state index contributed by atoms with van der Waals surface area (Å²) in [6, 6.07) is 4.72. The molecule has 0 unspecified atom stereocenters. The predicted molar refractivity (Wildman–Crippen MR) is 91.5 cm³/mol. The van der Waals surface area contributed by atoms with Crippen LogP contribution < -0.4 is 10.5 Å². The van der Waals surface area contributed by atoms with Gasteiger partial charge in [-0.3, -0.25) is 14.6 Å². The van der Waals surface area contributed by atoms with Crippen molar-refractivity contribution in [3.8, 4) is 5.75 Å². The van der Waals surface area contributed by atoms with Crippen molar-refractivity contribution in [1.29, 1.82) is 0 Å². The fourth-order valence-electron chi connectivity index (χ4n) is 2.99. The molecular formula is C18H17F3N4O3. The van der Waals surface area contributed by atoms with Crippen LogP contribution in [0.3, 0.4) is 0 Å². The number of amides is 2. The number of primary amides is 1. The Morgan fingerprint density at radius 2 is 2.04 bits per heavy atom. The Labute approximate surface area is 158 Å². The molecule has 0 bridgehead atoms. The molecule has 28 heavy (non-hydrogen) atoms. The van der Waals surface area contributed by atoms with Gasteiger partial charge in [0.2, 0.25) is 0 Å². The maximum atomic E-state index is 12.6. The zero-order valence-corrected chi connectivity index (χ0v) is 14.6. The van der Waals surface area contributed by atoms with Gasteiger partial charge < -0.3 is 15.4 Å². The van der Waals surface area contributed by atoms with Crippen molar-refractivity contribution in [2.24, 2.45) is 5.73 Å². The van der Waals surface area contributed by atoms with Crippen molar-refractivity contribution in [3.05, 3.63) is 53.6 Å². The molecule has 1 atom stereocenters. The van der Waals surface area contributed by atoms with Gasteiger partial charge in [0.25, 0.3) is 11.8 Å². The first-order chi connectivity index (χ1) is 13.3. The van der Waals surface area contributed by atoms with E-state index in [0.717, 1.165) is 18.6 Å². The summed E-state index contributed by atoms with van der Waals surface area (Å²) in [6.45, 7) is 0.531. The highest BCUT2D eigenvalue weighted by Gasteiger charge is 2.33. The average Bonchev–Trinajstić information content (AvgIpc) is 3.14. The van der Waals surface area contributed by atoms with E-state index in [4.69, 9.17) is 10.5 Å². The average molecular weight is 394 g/mol. The molecule has 2 aromatic rings. The number of hydrogen-bond acceptors (Lipinski definition) is 5. The van der Waals surface area contributed by atoms with E-state index in [2.05, 4.69) is 9.97 Å². The van der Waals surface area contributed by atoms with Crippen molar-refractivity contribution in [2.75, 3.05) is 13.2 Å². The molecule has 2 amide bonds. The minimum absolute atomic E-state index is 0.0113. The van der Waals surface area contributed by atoms with E-state index in [0.29, 0.717) is 19.2 Å². The van der Waals surface area contributed by atoms with E-state index in [-0.39, 0.29) is 29.8 Å². The van der Waals surface area contributed by atoms with E-state index >= 15 is 0 Å². The van der Waals surface area contributed by atoms with Crippen LogP contribution in [0.2, 0.25) is 0 Å². The zero-order valence-electron chi connectivity index (χ0n) is 14.6. The number of carbonyl (C=O) groups excluding carboxylic acids is 2. The lowest BCUT2D eigenvalue weighted by molar-refractivity contribution is -0.137. The molecule has 7 nitrogen and oxygen atoms in total. The van der Waals surface area contributed by atoms with Crippen LogP contribution in [0.5, 0.6) is 5.75 Å². The third-order valence-electron chi connectivity index (χ3n) is 4.38. The molecule has 3 rings (SSSR count). The highest BCUT2D eigenvalue weighted by atomic mass is 19.4. The fourth-order valence-corrected chi connectivity index (χ4v) is 2.99. The van der Waals surface area contributed by atoms with Gasteiger partial charge in [0.05, 0.1) is 11.6 Å². The number of hydrogen-bond donors (Lipinski definition) is 1. The summed E-state index contributed by atoms with van der Waals surface area (Å²) >= 11 is 0. The summed E-state index contributed by atoms with van der Waals surface area (Å²) in [5, 5.41) is 0. The molecule has 1 aliphatic heterocycles. The summed E-state index contributed by atoms with van der Waals surface area (Å²) < 4.78 is 43.6. The second-order valence-corrected chi connectivity index (χ2v) is 6.25. The smallest absolute Gasteiger partial charge is 0.417 e. The molecule has 2 aromatic heterocycles. The monoisotopic (exact) mass is 394 g/mol. The van der Waals surface area contributed by atoms with Crippen LogP contribution in [0, 0.1) is 0 Å². The molecule has 0 aromatic carbocycles. The minimum atomic E-state index is -4.51. The number of nitrogens with zero attached hydrogens (tertiary/aromatic N) is 3. The first kappa shape index (κ1) is 19.6. The van der Waals surface area contributed by atoms with Crippen LogP contribution >= 0.6 is 0 Å². The Kier molecular flexibility index (Phi) is 5.48. The maximum Gasteiger partial charge on any atom is 0.417 e. The number of aromatic nitrogens is 2. The summed E-state index contributed by atoms with van der Waals surface area (Å²) in [6.07, 6.45) is -1.09. The van der Waals surface area contributed by atoms with Gasteiger partial charge in [0, 0.05) is 18.9 Å². The van der Waals surface area contributed by atoms with Crippen LogP contribution in [-0.4, -0.2) is 45.9 Å². The Morgan fingerprint density at radius 3 is 2.68 bits per heavy atom. The van der Waals surface area contributed by atoms with Gasteiger partial charge >= 0.3 is 6.18 Å². The van der Waals surface area contributed by atoms with E-state index in [1.165, 1.54) is 11.1 Å². The second-order valence-electron chi connectivity index (χ2n) is 6.25. The Hall–Kier alpha value is -3.17. The normalized spacial score (nSPS) is 16.8. The molecule has 10 heteroatoms. The number of carbonyl (C=O) groups is 2. The van der Waals surface area contributed by atoms with Gasteiger partial charge in [-0.2, -0.15) is 13.2 Å². The first-order valence-corrected chi connectivity index (χ1v) is 8.49. The summed E-state index contributed by atoms with van der Waals surface area (Å²) in [4.78, 5) is 33.1. The molecule has 0 radical (unpaired) electrons. The van der Waals surface area contributed by atoms with Gasteiger partial charge in [-0.05, 0) is 37.1 Å². The third kappa shape index (κ3) is 4.21. The quantitative estimate of drug-likeness (QED) is 0.839. The zero-order chi connectivity index (χ0) is 20.3. The molecule has 0 aliphatic carbocycles. The highest BCUT2D eigenvalue weighted by Crippen LogP contribution is 2.29. The summed E-state index contributed by atoms with van der Waals surface area (Å²) in [7, 11) is 0. The van der Waals surface area contributed by atoms with Crippen LogP contribution in [-0.2, 0) is 6.18 Å². The van der Waals surface area contributed by atoms with Crippen molar-refractivity contribution in [3.63, 3.8) is 0 Å². The van der Waals surface area contributed by atoms with Crippen molar-refractivity contribution in [1.82, 2.24) is 14.9 Å². The second kappa shape index (κ2) is 7.83. The molecule has 1 aliphatic rings. The molecule has 148 valence electrons. The number of pyridine rings is 2. The van der Waals surface area contributed by atoms with Gasteiger partial charge in [-0.25, -0.2) is 4.98 Å². The number of halogens is 3. The van der Waals surface area contributed by atoms with Gasteiger partial charge in [0.1, 0.15) is 12.3 Å². The van der Waals surface area contributed by atoms with Crippen LogP contribution in [0.1, 0.15) is 39.4 Å². The largest absolute Gasteiger partial charge is 0.489 e. The highest BCUT2D eigenvalue weighted by molar-refractivity contribution is 5.93. The van der Waals surface area contributed by atoms with Crippen LogP contribution in [0.4, 0.5) is 13.2 Å². The standard InChI is InChI=1S/C18H17F3N4O3/c19-18(20,21)11-5-6-13(24-9-11)17(27)25-8-2-3-12(25)10-28-14-4-1-7-23-15(14)16(22)26/h1,4-7,9,12H,2-3,8,10H2,(H2,22,26)/t12-/m1/s1. The lowest BCUT2D eigenvalue weighted by Crippen LogP contribution is -2.39. The van der Waals surface area contributed by atoms with Crippen LogP contribution in [0.25, 0.3) is 0 Å². The minimum Gasteiger partial charge on any atom is -0.489 e. The van der Waals surface area contributed by atoms with Crippen molar-refractivity contribution in [2.45, 2.75) is 25.1 Å². The van der Waals surface area contributed by atoms with Gasteiger partial charge in [-0.1, -0.05) is 0 Å². The first-order valence-electron chi connectivity index (χ1n) is 8.49. The van der Waals surface area contributed by atoms with Gasteiger partial charge in [0.15, 0.2) is 11.4 Å². The molecule has 0 spiro atoms. The van der Waals surface area contributed by atoms with E-state index in [1.54, 1.807) is 12.1 Å². The van der Waals surface area contributed by atoms with Crippen LogP contribution in [0.15, 0.2) is 36.7 Å². The molecule has 2 N–H and O–H groups in total. The molecular weight excluding hydrogens is 377 g/mol. The maximum absolute atomic E-state index is 12.6. The number of nitrogens with two attached hydrogens (primary N) is 1. The SMILES string of the molecule is NC(=O)c1ncccc1OC[C@H]1CCCN1C(=O)c1ccc(C(F)(F)F)cn1. The van der Waals surface area contributed by atoms with Crippen molar-refractivity contribution < 1.29 is 27.5 Å². The predicted octanol–water partition coefficient (Wildman–Crippen LogP) is 2.28. The van der Waals surface area contributed by atoms with Crippen molar-refractivity contribution >= 4 is 11.8 Å².